The van der Waals surface area contributed by atoms with Crippen LogP contribution in [-0.2, 0) is 0 Å². The van der Waals surface area contributed by atoms with Gasteiger partial charge in [-0.3, -0.25) is 4.79 Å². The Bertz CT molecular complexity index is 467. The van der Waals surface area contributed by atoms with E-state index in [1.807, 2.05) is 0 Å². The zero-order valence-corrected chi connectivity index (χ0v) is 7.92. The molecule has 0 saturated heterocycles. The van der Waals surface area contributed by atoms with Crippen molar-refractivity contribution in [2.45, 2.75) is 0 Å². The molecule has 0 bridgehead atoms. The van der Waals surface area contributed by atoms with Gasteiger partial charge < -0.3 is 0 Å². The van der Waals surface area contributed by atoms with Gasteiger partial charge in [-0.15, -0.1) is 0 Å². The molecule has 14 heavy (non-hydrogen) atoms. The number of aldehydes is 1. The number of carbonyl (C=O) groups is 1. The first-order valence-corrected chi connectivity index (χ1v) is 4.75. The molecule has 1 aromatic heterocycles. The molecule has 2 rings (SSSR count). The summed E-state index contributed by atoms with van der Waals surface area (Å²) in [7, 11) is 0. The first-order valence-electron chi connectivity index (χ1n) is 3.97. The summed E-state index contributed by atoms with van der Waals surface area (Å²) in [5.41, 5.74) is 1.13. The second-order valence-electron chi connectivity index (χ2n) is 2.74. The Balaban J connectivity index is 2.43. The Morgan fingerprint density at radius 3 is 2.86 bits per heavy atom. The van der Waals surface area contributed by atoms with Crippen LogP contribution in [0.2, 0.25) is 0 Å². The van der Waals surface area contributed by atoms with Gasteiger partial charge in [0.15, 0.2) is 6.29 Å². The topological polar surface area (TPSA) is 30.0 Å². The molecular formula is C10H6FNOS. The standard InChI is InChI=1S/C10H6FNOS/c11-8-3-1-2-7(4-8)10-5-9(6-13)12-14-10/h1-6H. The molecule has 0 N–H and O–H groups in total. The molecule has 70 valence electrons. The van der Waals surface area contributed by atoms with E-state index >= 15 is 0 Å². The molecule has 1 aromatic carbocycles. The van der Waals surface area contributed by atoms with Gasteiger partial charge in [-0.2, -0.15) is 4.37 Å². The third kappa shape index (κ3) is 1.70. The molecule has 0 aliphatic carbocycles. The van der Waals surface area contributed by atoms with Crippen LogP contribution in [0, 0.1) is 5.82 Å². The lowest BCUT2D eigenvalue weighted by atomic mass is 10.2. The Morgan fingerprint density at radius 2 is 2.21 bits per heavy atom. The fraction of sp³-hybridized carbons (Fsp3) is 0. The van der Waals surface area contributed by atoms with E-state index in [4.69, 9.17) is 0 Å². The molecule has 2 aromatic rings. The Kier molecular flexibility index (Phi) is 2.37. The number of halogens is 1. The minimum absolute atomic E-state index is 0.288. The summed E-state index contributed by atoms with van der Waals surface area (Å²) >= 11 is 1.19. The molecule has 0 atom stereocenters. The normalized spacial score (nSPS) is 10.1. The van der Waals surface area contributed by atoms with Crippen LogP contribution in [0.1, 0.15) is 10.5 Å². The lowest BCUT2D eigenvalue weighted by Gasteiger charge is -1.94. The quantitative estimate of drug-likeness (QED) is 0.709. The van der Waals surface area contributed by atoms with E-state index in [2.05, 4.69) is 4.37 Å². The fourth-order valence-corrected chi connectivity index (χ4v) is 1.83. The van der Waals surface area contributed by atoms with Crippen LogP contribution in [0.3, 0.4) is 0 Å². The van der Waals surface area contributed by atoms with Crippen LogP contribution < -0.4 is 0 Å². The average molecular weight is 207 g/mol. The van der Waals surface area contributed by atoms with Crippen LogP contribution in [0.4, 0.5) is 4.39 Å². The Hall–Kier alpha value is -1.55. The van der Waals surface area contributed by atoms with Crippen molar-refractivity contribution in [2.24, 2.45) is 0 Å². The minimum Gasteiger partial charge on any atom is -0.296 e. The SMILES string of the molecule is O=Cc1cc(-c2cccc(F)c2)sn1. The second kappa shape index (κ2) is 3.67. The maximum Gasteiger partial charge on any atom is 0.169 e. The zero-order valence-electron chi connectivity index (χ0n) is 7.11. The number of nitrogens with zero attached hydrogens (tertiary/aromatic N) is 1. The lowest BCUT2D eigenvalue weighted by molar-refractivity contribution is 0.112. The summed E-state index contributed by atoms with van der Waals surface area (Å²) in [5, 5.41) is 0. The predicted molar refractivity (Wildman–Crippen MR) is 52.9 cm³/mol. The van der Waals surface area contributed by atoms with Crippen LogP contribution in [-0.4, -0.2) is 10.7 Å². The summed E-state index contributed by atoms with van der Waals surface area (Å²) in [5.74, 6) is -0.288. The van der Waals surface area contributed by atoms with Crippen LogP contribution in [0.15, 0.2) is 30.3 Å². The number of hydrogen-bond acceptors (Lipinski definition) is 3. The van der Waals surface area contributed by atoms with Crippen molar-refractivity contribution in [3.8, 4) is 10.4 Å². The summed E-state index contributed by atoms with van der Waals surface area (Å²) in [6, 6.07) is 7.86. The van der Waals surface area contributed by atoms with Gasteiger partial charge in [0.05, 0.1) is 4.88 Å². The molecule has 0 saturated carbocycles. The molecule has 1 heterocycles. The van der Waals surface area contributed by atoms with E-state index in [-0.39, 0.29) is 5.82 Å². The molecule has 0 spiro atoms. The summed E-state index contributed by atoms with van der Waals surface area (Å²) in [4.78, 5) is 11.2. The van der Waals surface area contributed by atoms with E-state index in [1.165, 1.54) is 23.7 Å². The van der Waals surface area contributed by atoms with E-state index < -0.39 is 0 Å². The molecule has 4 heteroatoms. The molecular weight excluding hydrogens is 201 g/mol. The number of carbonyl (C=O) groups excluding carboxylic acids is 1. The van der Waals surface area contributed by atoms with Crippen molar-refractivity contribution in [3.05, 3.63) is 41.8 Å². The lowest BCUT2D eigenvalue weighted by Crippen LogP contribution is -1.76. The summed E-state index contributed by atoms with van der Waals surface area (Å²) < 4.78 is 16.7. The highest BCUT2D eigenvalue weighted by atomic mass is 32.1. The molecule has 0 fully saturated rings. The minimum atomic E-state index is -0.288. The predicted octanol–water partition coefficient (Wildman–Crippen LogP) is 2.76. The third-order valence-electron chi connectivity index (χ3n) is 1.76. The van der Waals surface area contributed by atoms with Crippen LogP contribution >= 0.6 is 11.5 Å². The van der Waals surface area contributed by atoms with Crippen molar-refractivity contribution in [2.75, 3.05) is 0 Å². The summed E-state index contributed by atoms with van der Waals surface area (Å²) in [6.07, 6.45) is 0.680. The van der Waals surface area contributed by atoms with Crippen molar-refractivity contribution >= 4 is 17.8 Å². The van der Waals surface area contributed by atoms with Crippen LogP contribution in [0.5, 0.6) is 0 Å². The number of aromatic nitrogens is 1. The molecule has 0 radical (unpaired) electrons. The zero-order chi connectivity index (χ0) is 9.97. The van der Waals surface area contributed by atoms with Gasteiger partial charge in [0, 0.05) is 0 Å². The van der Waals surface area contributed by atoms with Gasteiger partial charge in [-0.1, -0.05) is 12.1 Å². The highest BCUT2D eigenvalue weighted by Gasteiger charge is 2.03. The highest BCUT2D eigenvalue weighted by Crippen LogP contribution is 2.24. The van der Waals surface area contributed by atoms with E-state index in [9.17, 15) is 9.18 Å². The maximum absolute atomic E-state index is 12.9. The maximum atomic E-state index is 12.9. The van der Waals surface area contributed by atoms with Gasteiger partial charge in [0.25, 0.3) is 0 Å². The Morgan fingerprint density at radius 1 is 1.36 bits per heavy atom. The third-order valence-corrected chi connectivity index (χ3v) is 2.61. The fourth-order valence-electron chi connectivity index (χ4n) is 1.12. The van der Waals surface area contributed by atoms with Gasteiger partial charge in [0.1, 0.15) is 11.5 Å². The molecule has 0 aliphatic heterocycles. The molecule has 2 nitrogen and oxygen atoms in total. The van der Waals surface area contributed by atoms with Gasteiger partial charge in [-0.25, -0.2) is 4.39 Å². The monoisotopic (exact) mass is 207 g/mol. The average Bonchev–Trinajstić information content (AvgIpc) is 2.66. The van der Waals surface area contributed by atoms with E-state index in [0.29, 0.717) is 12.0 Å². The van der Waals surface area contributed by atoms with E-state index in [1.54, 1.807) is 18.2 Å². The first-order chi connectivity index (χ1) is 6.79. The van der Waals surface area contributed by atoms with Crippen molar-refractivity contribution in [3.63, 3.8) is 0 Å². The number of rotatable bonds is 2. The van der Waals surface area contributed by atoms with Crippen molar-refractivity contribution in [1.82, 2.24) is 4.37 Å². The molecule has 0 unspecified atom stereocenters. The Labute approximate surface area is 84.2 Å². The smallest absolute Gasteiger partial charge is 0.169 e. The second-order valence-corrected chi connectivity index (χ2v) is 3.55. The molecule has 0 aliphatic rings. The first kappa shape index (κ1) is 9.02. The highest BCUT2D eigenvalue weighted by molar-refractivity contribution is 7.09. The van der Waals surface area contributed by atoms with Gasteiger partial charge in [0.2, 0.25) is 0 Å². The molecule has 0 amide bonds. The largest absolute Gasteiger partial charge is 0.296 e. The van der Waals surface area contributed by atoms with Crippen LogP contribution in [0.25, 0.3) is 10.4 Å². The summed E-state index contributed by atoms with van der Waals surface area (Å²) in [6.45, 7) is 0. The van der Waals surface area contributed by atoms with Gasteiger partial charge in [-0.05, 0) is 35.3 Å². The van der Waals surface area contributed by atoms with Gasteiger partial charge >= 0.3 is 0 Å². The number of benzene rings is 1. The van der Waals surface area contributed by atoms with E-state index in [0.717, 1.165) is 10.4 Å². The van der Waals surface area contributed by atoms with Crippen molar-refractivity contribution < 1.29 is 9.18 Å². The number of hydrogen-bond donors (Lipinski definition) is 0. The van der Waals surface area contributed by atoms with Crippen molar-refractivity contribution in [1.29, 1.82) is 0 Å².